The number of benzene rings is 2. The molecule has 1 aliphatic heterocycles. The van der Waals surface area contributed by atoms with Crippen LogP contribution < -0.4 is 15.0 Å². The van der Waals surface area contributed by atoms with Gasteiger partial charge in [-0.1, -0.05) is 13.8 Å². The maximum absolute atomic E-state index is 12.7. The number of aryl methyl sites for hydroxylation is 1. The second kappa shape index (κ2) is 8.13. The van der Waals surface area contributed by atoms with Crippen molar-refractivity contribution in [2.75, 3.05) is 23.9 Å². The fraction of sp³-hybridized carbons (Fsp3) is 0.333. The third kappa shape index (κ3) is 4.33. The second-order valence-corrected chi connectivity index (χ2v) is 7.90. The van der Waals surface area contributed by atoms with Gasteiger partial charge in [0.1, 0.15) is 5.75 Å². The van der Waals surface area contributed by atoms with Crippen LogP contribution in [-0.2, 0) is 11.2 Å². The first-order valence-corrected chi connectivity index (χ1v) is 9.76. The minimum atomic E-state index is -0.216. The van der Waals surface area contributed by atoms with Crippen LogP contribution in [0.25, 0.3) is 0 Å². The number of methoxy groups -OCH3 is 1. The third-order valence-corrected chi connectivity index (χ3v) is 5.19. The zero-order chi connectivity index (χ0) is 19.6. The fourth-order valence-corrected chi connectivity index (χ4v) is 3.63. The largest absolute Gasteiger partial charge is 0.497 e. The molecule has 2 amide bonds. The molecule has 1 N–H and O–H groups in total. The van der Waals surface area contributed by atoms with Gasteiger partial charge in [-0.15, -0.1) is 0 Å². The summed E-state index contributed by atoms with van der Waals surface area (Å²) in [6, 6.07) is 11.0. The van der Waals surface area contributed by atoms with E-state index in [-0.39, 0.29) is 11.8 Å². The van der Waals surface area contributed by atoms with E-state index in [1.807, 2.05) is 23.1 Å². The molecule has 3 rings (SSSR count). The Bertz CT molecular complexity index is 880. The number of rotatable bonds is 5. The molecule has 1 heterocycles. The number of hydrogen-bond donors (Lipinski definition) is 1. The molecule has 1 aliphatic rings. The van der Waals surface area contributed by atoms with Gasteiger partial charge >= 0.3 is 0 Å². The highest BCUT2D eigenvalue weighted by Crippen LogP contribution is 2.31. The van der Waals surface area contributed by atoms with E-state index in [1.54, 1.807) is 25.3 Å². The van der Waals surface area contributed by atoms with E-state index in [2.05, 4.69) is 35.1 Å². The normalized spacial score (nSPS) is 13.5. The summed E-state index contributed by atoms with van der Waals surface area (Å²) in [5.41, 5.74) is 3.24. The van der Waals surface area contributed by atoms with Crippen molar-refractivity contribution >= 4 is 39.1 Å². The zero-order valence-electron chi connectivity index (χ0n) is 15.7. The number of amides is 2. The van der Waals surface area contributed by atoms with Gasteiger partial charge in [0.25, 0.3) is 5.91 Å². The zero-order valence-corrected chi connectivity index (χ0v) is 17.3. The van der Waals surface area contributed by atoms with Crippen molar-refractivity contribution in [3.8, 4) is 5.75 Å². The first-order valence-electron chi connectivity index (χ1n) is 8.97. The molecule has 2 aromatic carbocycles. The lowest BCUT2D eigenvalue weighted by Crippen LogP contribution is -2.37. The maximum atomic E-state index is 12.7. The number of hydrogen-bond acceptors (Lipinski definition) is 3. The molecule has 0 atom stereocenters. The van der Waals surface area contributed by atoms with Gasteiger partial charge in [-0.05, 0) is 70.2 Å². The summed E-state index contributed by atoms with van der Waals surface area (Å²) in [6.45, 7) is 4.90. The van der Waals surface area contributed by atoms with Crippen LogP contribution in [-0.4, -0.2) is 25.5 Å². The Balaban J connectivity index is 1.83. The third-order valence-electron chi connectivity index (χ3n) is 4.50. The predicted octanol–water partition coefficient (Wildman–Crippen LogP) is 4.65. The van der Waals surface area contributed by atoms with E-state index in [0.717, 1.165) is 11.3 Å². The molecule has 2 aromatic rings. The Morgan fingerprint density at radius 1 is 1.22 bits per heavy atom. The smallest absolute Gasteiger partial charge is 0.256 e. The highest BCUT2D eigenvalue weighted by molar-refractivity contribution is 9.10. The molecule has 0 radical (unpaired) electrons. The average molecular weight is 431 g/mol. The van der Waals surface area contributed by atoms with E-state index >= 15 is 0 Å². The fourth-order valence-electron chi connectivity index (χ4n) is 3.21. The van der Waals surface area contributed by atoms with Crippen molar-refractivity contribution < 1.29 is 14.3 Å². The summed E-state index contributed by atoms with van der Waals surface area (Å²) in [6.07, 6.45) is 1.19. The quantitative estimate of drug-likeness (QED) is 0.750. The van der Waals surface area contributed by atoms with E-state index in [0.29, 0.717) is 46.8 Å². The summed E-state index contributed by atoms with van der Waals surface area (Å²) < 4.78 is 5.90. The first kappa shape index (κ1) is 19.4. The van der Waals surface area contributed by atoms with Crippen LogP contribution in [0.5, 0.6) is 5.75 Å². The van der Waals surface area contributed by atoms with Crippen LogP contribution >= 0.6 is 15.9 Å². The molecular weight excluding hydrogens is 408 g/mol. The molecule has 0 bridgehead atoms. The van der Waals surface area contributed by atoms with Gasteiger partial charge in [-0.2, -0.15) is 0 Å². The lowest BCUT2D eigenvalue weighted by molar-refractivity contribution is -0.119. The minimum Gasteiger partial charge on any atom is -0.497 e. The van der Waals surface area contributed by atoms with E-state index < -0.39 is 0 Å². The summed E-state index contributed by atoms with van der Waals surface area (Å²) >= 11 is 3.41. The predicted molar refractivity (Wildman–Crippen MR) is 111 cm³/mol. The molecule has 27 heavy (non-hydrogen) atoms. The summed E-state index contributed by atoms with van der Waals surface area (Å²) in [5, 5.41) is 2.94. The number of halogens is 1. The Morgan fingerprint density at radius 3 is 2.70 bits per heavy atom. The second-order valence-electron chi connectivity index (χ2n) is 7.04. The van der Waals surface area contributed by atoms with Gasteiger partial charge < -0.3 is 15.0 Å². The number of carbonyl (C=O) groups excluding carboxylic acids is 2. The van der Waals surface area contributed by atoms with Gasteiger partial charge in [-0.25, -0.2) is 0 Å². The first-order chi connectivity index (χ1) is 12.9. The van der Waals surface area contributed by atoms with Gasteiger partial charge in [0.15, 0.2) is 0 Å². The molecule has 0 aliphatic carbocycles. The lowest BCUT2D eigenvalue weighted by atomic mass is 9.99. The summed E-state index contributed by atoms with van der Waals surface area (Å²) in [7, 11) is 1.57. The van der Waals surface area contributed by atoms with Gasteiger partial charge in [0.2, 0.25) is 5.91 Å². The monoisotopic (exact) mass is 430 g/mol. The van der Waals surface area contributed by atoms with Crippen LogP contribution in [0, 0.1) is 5.92 Å². The van der Waals surface area contributed by atoms with Crippen LogP contribution in [0.3, 0.4) is 0 Å². The number of anilines is 2. The van der Waals surface area contributed by atoms with Crippen molar-refractivity contribution in [2.45, 2.75) is 26.7 Å². The molecule has 0 saturated heterocycles. The molecule has 0 unspecified atom stereocenters. The molecule has 0 aromatic heterocycles. The Kier molecular flexibility index (Phi) is 5.85. The summed E-state index contributed by atoms with van der Waals surface area (Å²) in [5.74, 6) is 0.960. The molecule has 5 nitrogen and oxygen atoms in total. The van der Waals surface area contributed by atoms with Crippen molar-refractivity contribution in [2.24, 2.45) is 5.92 Å². The van der Waals surface area contributed by atoms with Crippen molar-refractivity contribution in [1.82, 2.24) is 0 Å². The van der Waals surface area contributed by atoms with Crippen LogP contribution in [0.2, 0.25) is 0 Å². The number of ether oxygens (including phenoxy) is 1. The Hall–Kier alpha value is -2.34. The van der Waals surface area contributed by atoms with E-state index in [4.69, 9.17) is 4.74 Å². The Labute approximate surface area is 167 Å². The molecule has 0 saturated carbocycles. The number of carbonyl (C=O) groups is 2. The van der Waals surface area contributed by atoms with Crippen molar-refractivity contribution in [1.29, 1.82) is 0 Å². The molecule has 0 fully saturated rings. The number of nitrogens with one attached hydrogen (secondary N) is 1. The SMILES string of the molecule is COc1ccc(Br)c(C(=O)Nc2ccc3c(c2)CCC(=O)N3CC(C)C)c1. The van der Waals surface area contributed by atoms with Gasteiger partial charge in [0.05, 0.1) is 12.7 Å². The number of fused-ring (bicyclic) bond motifs is 1. The molecular formula is C21H23BrN2O3. The number of nitrogens with zero attached hydrogens (tertiary/aromatic N) is 1. The summed E-state index contributed by atoms with van der Waals surface area (Å²) in [4.78, 5) is 26.8. The van der Waals surface area contributed by atoms with E-state index in [9.17, 15) is 9.59 Å². The van der Waals surface area contributed by atoms with Gasteiger partial charge in [0, 0.05) is 28.8 Å². The van der Waals surface area contributed by atoms with E-state index in [1.165, 1.54) is 0 Å². The average Bonchev–Trinajstić information content (AvgIpc) is 2.64. The molecule has 0 spiro atoms. The van der Waals surface area contributed by atoms with Crippen LogP contribution in [0.15, 0.2) is 40.9 Å². The van der Waals surface area contributed by atoms with Crippen LogP contribution in [0.1, 0.15) is 36.2 Å². The Morgan fingerprint density at radius 2 is 2.00 bits per heavy atom. The standard InChI is InChI=1S/C21H23BrN2O3/c1-13(2)12-24-19-8-5-15(10-14(19)4-9-20(24)25)23-21(26)17-11-16(27-3)6-7-18(17)22/h5-8,10-11,13H,4,9,12H2,1-3H3,(H,23,26). The minimum absolute atomic E-state index is 0.160. The molecule has 142 valence electrons. The lowest BCUT2D eigenvalue weighted by Gasteiger charge is -2.31. The maximum Gasteiger partial charge on any atom is 0.256 e. The molecule has 6 heteroatoms. The van der Waals surface area contributed by atoms with Gasteiger partial charge in [-0.3, -0.25) is 9.59 Å². The highest BCUT2D eigenvalue weighted by Gasteiger charge is 2.25. The van der Waals surface area contributed by atoms with Crippen molar-refractivity contribution in [3.63, 3.8) is 0 Å². The van der Waals surface area contributed by atoms with Crippen LogP contribution in [0.4, 0.5) is 11.4 Å². The highest BCUT2D eigenvalue weighted by atomic mass is 79.9. The topological polar surface area (TPSA) is 58.6 Å². The van der Waals surface area contributed by atoms with Crippen molar-refractivity contribution in [3.05, 3.63) is 52.0 Å².